The molecule has 0 unspecified atom stereocenters. The Labute approximate surface area is 275 Å². The van der Waals surface area contributed by atoms with Gasteiger partial charge in [-0.2, -0.15) is 0 Å². The van der Waals surface area contributed by atoms with Gasteiger partial charge in [0, 0.05) is 10.8 Å². The number of amidine groups is 2. The molecule has 0 amide bonds. The lowest BCUT2D eigenvalue weighted by Gasteiger charge is -2.30. The van der Waals surface area contributed by atoms with Crippen molar-refractivity contribution in [3.8, 4) is 0 Å². The molecule has 8 heteroatoms. The zero-order valence-electron chi connectivity index (χ0n) is 28.3. The summed E-state index contributed by atoms with van der Waals surface area (Å²) in [6.07, 6.45) is 0. The maximum atomic E-state index is 14.6. The minimum atomic E-state index is -0.430. The van der Waals surface area contributed by atoms with E-state index in [9.17, 15) is 19.6 Å². The molecule has 0 radical (unpaired) electrons. The number of hydrogen-bond donors (Lipinski definition) is 2. The van der Waals surface area contributed by atoms with Crippen LogP contribution >= 0.6 is 0 Å². The second-order valence-electron chi connectivity index (χ2n) is 13.6. The van der Waals surface area contributed by atoms with E-state index in [4.69, 9.17) is 5.10 Å². The Bertz CT molecular complexity index is 1890. The standard InChI is InChI=1S/C39H42F2N6/c1-21(2)27-11-9-12-28(22(3)4)35(27)45-37(42)38(43)46(36-29(23(5)6)13-10-14-30(36)24(7)8)39(45)44-47-33-17-15-25(40)19-31(33)32-20-26(41)16-18-34(32)47/h9-24,42-43H,1-8H3. The summed E-state index contributed by atoms with van der Waals surface area (Å²) in [7, 11) is 0. The van der Waals surface area contributed by atoms with Crippen LogP contribution in [0.25, 0.3) is 21.8 Å². The number of guanidine groups is 1. The minimum absolute atomic E-state index is 0.00451. The molecule has 47 heavy (non-hydrogen) atoms. The number of halogens is 2. The average Bonchev–Trinajstić information content (AvgIpc) is 3.44. The van der Waals surface area contributed by atoms with Crippen molar-refractivity contribution in [1.82, 2.24) is 4.68 Å². The fraction of sp³-hybridized carbons (Fsp3) is 0.308. The number of nitrogens with zero attached hydrogens (tertiary/aromatic N) is 4. The van der Waals surface area contributed by atoms with Crippen molar-refractivity contribution >= 4 is 50.8 Å². The number of rotatable bonds is 7. The Morgan fingerprint density at radius 2 is 0.872 bits per heavy atom. The second-order valence-corrected chi connectivity index (χ2v) is 13.6. The van der Waals surface area contributed by atoms with Crippen LogP contribution in [0.4, 0.5) is 20.2 Å². The molecular formula is C39H42F2N6. The SMILES string of the molecule is CC(C)c1cccc(C(C)C)c1N1C(=N)C(=N)N(c2c(C(C)C)cccc2C(C)C)C1=Nn1c2ccc(F)cc2c2cc(F)ccc21. The first-order chi connectivity index (χ1) is 22.3. The van der Waals surface area contributed by atoms with Crippen LogP contribution in [0.5, 0.6) is 0 Å². The molecule has 1 fully saturated rings. The number of para-hydroxylation sites is 2. The summed E-state index contributed by atoms with van der Waals surface area (Å²) >= 11 is 0. The average molecular weight is 633 g/mol. The van der Waals surface area contributed by atoms with E-state index in [0.717, 1.165) is 33.6 Å². The molecule has 0 atom stereocenters. The van der Waals surface area contributed by atoms with Crippen LogP contribution < -0.4 is 9.80 Å². The van der Waals surface area contributed by atoms with Gasteiger partial charge in [-0.25, -0.2) is 13.5 Å². The monoisotopic (exact) mass is 632 g/mol. The van der Waals surface area contributed by atoms with E-state index in [1.54, 1.807) is 26.6 Å². The number of anilines is 2. The van der Waals surface area contributed by atoms with E-state index in [1.807, 2.05) is 0 Å². The van der Waals surface area contributed by atoms with Crippen molar-refractivity contribution in [2.24, 2.45) is 5.10 Å². The molecule has 1 aromatic heterocycles. The Balaban J connectivity index is 1.78. The number of nitrogens with one attached hydrogen (secondary N) is 2. The first-order valence-electron chi connectivity index (χ1n) is 16.3. The molecule has 0 spiro atoms. The van der Waals surface area contributed by atoms with Crippen molar-refractivity contribution in [1.29, 1.82) is 10.8 Å². The van der Waals surface area contributed by atoms with E-state index in [0.29, 0.717) is 27.8 Å². The molecule has 5 aromatic rings. The zero-order chi connectivity index (χ0) is 33.9. The number of aromatic nitrogens is 1. The highest BCUT2D eigenvalue weighted by Gasteiger charge is 2.43. The van der Waals surface area contributed by atoms with Crippen molar-refractivity contribution in [2.75, 3.05) is 9.80 Å². The normalized spacial score (nSPS) is 14.0. The maximum absolute atomic E-state index is 14.6. The summed E-state index contributed by atoms with van der Waals surface area (Å²) in [6.45, 7) is 17.0. The summed E-state index contributed by atoms with van der Waals surface area (Å²) in [6, 6.07) is 21.3. The van der Waals surface area contributed by atoms with Gasteiger partial charge in [-0.05, 0) is 82.3 Å². The summed E-state index contributed by atoms with van der Waals surface area (Å²) in [5, 5.41) is 25.5. The van der Waals surface area contributed by atoms with E-state index >= 15 is 0 Å². The number of benzene rings is 4. The molecule has 2 N–H and O–H groups in total. The summed E-state index contributed by atoms with van der Waals surface area (Å²) < 4.78 is 30.9. The summed E-state index contributed by atoms with van der Waals surface area (Å²) in [5.41, 5.74) is 7.00. The first kappa shape index (κ1) is 32.1. The highest BCUT2D eigenvalue weighted by molar-refractivity contribution is 6.63. The molecule has 1 aliphatic heterocycles. The van der Waals surface area contributed by atoms with Crippen LogP contribution in [0.15, 0.2) is 77.9 Å². The van der Waals surface area contributed by atoms with E-state index in [1.165, 1.54) is 24.3 Å². The highest BCUT2D eigenvalue weighted by atomic mass is 19.1. The van der Waals surface area contributed by atoms with Crippen LogP contribution in [0, 0.1) is 22.5 Å². The van der Waals surface area contributed by atoms with Gasteiger partial charge < -0.3 is 0 Å². The lowest BCUT2D eigenvalue weighted by atomic mass is 9.91. The van der Waals surface area contributed by atoms with E-state index in [2.05, 4.69) is 91.8 Å². The highest BCUT2D eigenvalue weighted by Crippen LogP contribution is 2.43. The van der Waals surface area contributed by atoms with Gasteiger partial charge in [0.2, 0.25) is 5.96 Å². The van der Waals surface area contributed by atoms with Gasteiger partial charge in [-0.1, -0.05) is 91.8 Å². The van der Waals surface area contributed by atoms with Gasteiger partial charge >= 0.3 is 0 Å². The fourth-order valence-corrected chi connectivity index (χ4v) is 6.71. The molecule has 1 saturated heterocycles. The van der Waals surface area contributed by atoms with Crippen molar-refractivity contribution < 1.29 is 8.78 Å². The van der Waals surface area contributed by atoms with Crippen molar-refractivity contribution in [3.05, 3.63) is 107 Å². The molecule has 1 aliphatic rings. The third-order valence-corrected chi connectivity index (χ3v) is 9.06. The topological polar surface area (TPSA) is 71.5 Å². The number of fused-ring (bicyclic) bond motifs is 3. The van der Waals surface area contributed by atoms with Gasteiger partial charge in [0.1, 0.15) is 11.6 Å². The Hall–Kier alpha value is -4.85. The largest absolute Gasteiger partial charge is 0.281 e. The van der Waals surface area contributed by atoms with Crippen LogP contribution in [-0.4, -0.2) is 22.3 Å². The Morgan fingerprint density at radius 3 is 1.19 bits per heavy atom. The quantitative estimate of drug-likeness (QED) is 0.187. The predicted octanol–water partition coefficient (Wildman–Crippen LogP) is 10.7. The molecule has 6 nitrogen and oxygen atoms in total. The summed E-state index contributed by atoms with van der Waals surface area (Å²) in [4.78, 5) is 3.61. The van der Waals surface area contributed by atoms with Crippen LogP contribution in [0.3, 0.4) is 0 Å². The van der Waals surface area contributed by atoms with Crippen LogP contribution in [0.1, 0.15) is 101 Å². The summed E-state index contributed by atoms with van der Waals surface area (Å²) in [5.74, 6) is -0.0124. The molecular weight excluding hydrogens is 590 g/mol. The third kappa shape index (κ3) is 5.29. The van der Waals surface area contributed by atoms with Gasteiger partial charge in [-0.3, -0.25) is 20.6 Å². The molecule has 4 aromatic carbocycles. The first-order valence-corrected chi connectivity index (χ1v) is 16.3. The van der Waals surface area contributed by atoms with Gasteiger partial charge in [0.15, 0.2) is 11.7 Å². The molecule has 6 rings (SSSR count). The Morgan fingerprint density at radius 1 is 0.532 bits per heavy atom. The molecule has 2 heterocycles. The maximum Gasteiger partial charge on any atom is 0.240 e. The van der Waals surface area contributed by atoms with Gasteiger partial charge in [-0.15, -0.1) is 5.10 Å². The third-order valence-electron chi connectivity index (χ3n) is 9.06. The van der Waals surface area contributed by atoms with Crippen molar-refractivity contribution in [3.63, 3.8) is 0 Å². The molecule has 0 aliphatic carbocycles. The lowest BCUT2D eigenvalue weighted by Crippen LogP contribution is -2.38. The van der Waals surface area contributed by atoms with E-state index < -0.39 is 11.6 Å². The molecule has 0 bridgehead atoms. The molecule has 242 valence electrons. The zero-order valence-corrected chi connectivity index (χ0v) is 28.3. The number of hydrogen-bond acceptors (Lipinski definition) is 3. The fourth-order valence-electron chi connectivity index (χ4n) is 6.71. The lowest BCUT2D eigenvalue weighted by molar-refractivity contribution is 0.628. The van der Waals surface area contributed by atoms with Crippen LogP contribution in [0.2, 0.25) is 0 Å². The van der Waals surface area contributed by atoms with Gasteiger partial charge in [0.25, 0.3) is 0 Å². The second kappa shape index (κ2) is 12.1. The Kier molecular flexibility index (Phi) is 8.24. The van der Waals surface area contributed by atoms with Crippen molar-refractivity contribution in [2.45, 2.75) is 79.1 Å². The van der Waals surface area contributed by atoms with E-state index in [-0.39, 0.29) is 35.3 Å². The van der Waals surface area contributed by atoms with Gasteiger partial charge in [0.05, 0.1) is 22.4 Å². The minimum Gasteiger partial charge on any atom is -0.281 e. The van der Waals surface area contributed by atoms with Crippen LogP contribution in [-0.2, 0) is 0 Å². The smallest absolute Gasteiger partial charge is 0.240 e. The predicted molar refractivity (Wildman–Crippen MR) is 192 cm³/mol. The molecule has 0 saturated carbocycles.